The van der Waals surface area contributed by atoms with Crippen LogP contribution in [0.5, 0.6) is 5.75 Å². The Balaban J connectivity index is 1.87. The molecular formula is C13H14N2O3. The van der Waals surface area contributed by atoms with Gasteiger partial charge < -0.3 is 14.0 Å². The van der Waals surface area contributed by atoms with E-state index in [1.807, 2.05) is 24.3 Å². The van der Waals surface area contributed by atoms with Crippen molar-refractivity contribution in [3.8, 4) is 17.1 Å². The topological polar surface area (TPSA) is 57.4 Å². The van der Waals surface area contributed by atoms with Crippen molar-refractivity contribution >= 4 is 0 Å². The van der Waals surface area contributed by atoms with Crippen LogP contribution in [0.4, 0.5) is 0 Å². The number of benzene rings is 1. The molecule has 5 nitrogen and oxygen atoms in total. The molecular weight excluding hydrogens is 232 g/mol. The van der Waals surface area contributed by atoms with Gasteiger partial charge in [0.2, 0.25) is 5.82 Å². The molecule has 1 saturated heterocycles. The lowest BCUT2D eigenvalue weighted by Gasteiger charge is -2.01. The van der Waals surface area contributed by atoms with E-state index in [-0.39, 0.29) is 6.10 Å². The van der Waals surface area contributed by atoms with E-state index in [1.54, 1.807) is 7.11 Å². The van der Waals surface area contributed by atoms with Crippen molar-refractivity contribution in [3.63, 3.8) is 0 Å². The van der Waals surface area contributed by atoms with Crippen molar-refractivity contribution < 1.29 is 14.0 Å². The van der Waals surface area contributed by atoms with Crippen molar-refractivity contribution in [1.29, 1.82) is 0 Å². The molecule has 1 aromatic carbocycles. The highest BCUT2D eigenvalue weighted by Gasteiger charge is 2.24. The predicted octanol–water partition coefficient (Wildman–Crippen LogP) is 2.60. The van der Waals surface area contributed by atoms with Crippen molar-refractivity contribution in [1.82, 2.24) is 10.1 Å². The summed E-state index contributed by atoms with van der Waals surface area (Å²) in [7, 11) is 1.63. The van der Waals surface area contributed by atoms with E-state index in [0.29, 0.717) is 11.7 Å². The highest BCUT2D eigenvalue weighted by molar-refractivity contribution is 5.56. The molecule has 0 spiro atoms. The Bertz CT molecular complexity index is 533. The Morgan fingerprint density at radius 3 is 3.11 bits per heavy atom. The van der Waals surface area contributed by atoms with Crippen molar-refractivity contribution in [2.24, 2.45) is 0 Å². The SMILES string of the molecule is COc1cccc(-c2noc(C3CCCO3)n2)c1. The maximum Gasteiger partial charge on any atom is 0.256 e. The van der Waals surface area contributed by atoms with Crippen LogP contribution in [0, 0.1) is 0 Å². The largest absolute Gasteiger partial charge is 0.497 e. The smallest absolute Gasteiger partial charge is 0.256 e. The maximum absolute atomic E-state index is 5.51. The molecule has 0 aliphatic carbocycles. The lowest BCUT2D eigenvalue weighted by atomic mass is 10.2. The molecule has 0 radical (unpaired) electrons. The molecule has 1 aromatic heterocycles. The Kier molecular flexibility index (Phi) is 2.98. The second kappa shape index (κ2) is 4.78. The van der Waals surface area contributed by atoms with Crippen LogP contribution in [0.15, 0.2) is 28.8 Å². The minimum atomic E-state index is -0.0446. The fourth-order valence-corrected chi connectivity index (χ4v) is 2.02. The summed E-state index contributed by atoms with van der Waals surface area (Å²) in [6, 6.07) is 7.58. The third kappa shape index (κ3) is 2.09. The normalized spacial score (nSPS) is 19.1. The average molecular weight is 246 g/mol. The quantitative estimate of drug-likeness (QED) is 0.833. The van der Waals surface area contributed by atoms with Crippen LogP contribution < -0.4 is 4.74 Å². The van der Waals surface area contributed by atoms with E-state index >= 15 is 0 Å². The van der Waals surface area contributed by atoms with E-state index in [2.05, 4.69) is 10.1 Å². The molecule has 18 heavy (non-hydrogen) atoms. The molecule has 0 bridgehead atoms. The Morgan fingerprint density at radius 2 is 2.33 bits per heavy atom. The van der Waals surface area contributed by atoms with Crippen LogP contribution >= 0.6 is 0 Å². The zero-order valence-electron chi connectivity index (χ0n) is 10.1. The van der Waals surface area contributed by atoms with Crippen LogP contribution in [0.25, 0.3) is 11.4 Å². The minimum absolute atomic E-state index is 0.0446. The summed E-state index contributed by atoms with van der Waals surface area (Å²) in [5.74, 6) is 1.90. The zero-order valence-corrected chi connectivity index (χ0v) is 10.1. The first-order valence-corrected chi connectivity index (χ1v) is 5.96. The molecule has 2 heterocycles. The van der Waals surface area contributed by atoms with Crippen LogP contribution in [0.3, 0.4) is 0 Å². The Morgan fingerprint density at radius 1 is 1.39 bits per heavy atom. The predicted molar refractivity (Wildman–Crippen MR) is 64.2 cm³/mol. The van der Waals surface area contributed by atoms with Gasteiger partial charge >= 0.3 is 0 Å². The number of rotatable bonds is 3. The van der Waals surface area contributed by atoms with E-state index in [9.17, 15) is 0 Å². The molecule has 2 aromatic rings. The third-order valence-corrected chi connectivity index (χ3v) is 2.97. The highest BCUT2D eigenvalue weighted by atomic mass is 16.5. The van der Waals surface area contributed by atoms with Gasteiger partial charge in [-0.3, -0.25) is 0 Å². The zero-order chi connectivity index (χ0) is 12.4. The van der Waals surface area contributed by atoms with Crippen LogP contribution in [-0.2, 0) is 4.74 Å². The summed E-state index contributed by atoms with van der Waals surface area (Å²) in [5, 5.41) is 3.98. The van der Waals surface area contributed by atoms with Gasteiger partial charge in [-0.2, -0.15) is 4.98 Å². The lowest BCUT2D eigenvalue weighted by Crippen LogP contribution is -1.95. The summed E-state index contributed by atoms with van der Waals surface area (Å²) >= 11 is 0. The molecule has 94 valence electrons. The summed E-state index contributed by atoms with van der Waals surface area (Å²) in [6.45, 7) is 0.765. The van der Waals surface area contributed by atoms with Gasteiger partial charge in [-0.05, 0) is 25.0 Å². The minimum Gasteiger partial charge on any atom is -0.497 e. The van der Waals surface area contributed by atoms with Crippen molar-refractivity contribution in [2.75, 3.05) is 13.7 Å². The monoisotopic (exact) mass is 246 g/mol. The molecule has 0 amide bonds. The van der Waals surface area contributed by atoms with Crippen LogP contribution in [-0.4, -0.2) is 23.9 Å². The van der Waals surface area contributed by atoms with Crippen molar-refractivity contribution in [2.45, 2.75) is 18.9 Å². The first kappa shape index (κ1) is 11.2. The van der Waals surface area contributed by atoms with Gasteiger partial charge in [0.1, 0.15) is 11.9 Å². The molecule has 0 saturated carbocycles. The van der Waals surface area contributed by atoms with E-state index in [0.717, 1.165) is 30.8 Å². The first-order valence-electron chi connectivity index (χ1n) is 5.96. The fourth-order valence-electron chi connectivity index (χ4n) is 2.02. The molecule has 5 heteroatoms. The summed E-state index contributed by atoms with van der Waals surface area (Å²) in [6.07, 6.45) is 1.94. The van der Waals surface area contributed by atoms with Crippen molar-refractivity contribution in [3.05, 3.63) is 30.2 Å². The first-order chi connectivity index (χ1) is 8.86. The number of ether oxygens (including phenoxy) is 2. The fraction of sp³-hybridized carbons (Fsp3) is 0.385. The third-order valence-electron chi connectivity index (χ3n) is 2.97. The van der Waals surface area contributed by atoms with Gasteiger partial charge in [-0.25, -0.2) is 0 Å². The van der Waals surface area contributed by atoms with E-state index in [1.165, 1.54) is 0 Å². The number of nitrogens with zero attached hydrogens (tertiary/aromatic N) is 2. The molecule has 0 N–H and O–H groups in total. The number of hydrogen-bond acceptors (Lipinski definition) is 5. The molecule has 1 aliphatic rings. The van der Waals surface area contributed by atoms with Crippen LogP contribution in [0.1, 0.15) is 24.8 Å². The van der Waals surface area contributed by atoms with Gasteiger partial charge in [0, 0.05) is 12.2 Å². The second-order valence-electron chi connectivity index (χ2n) is 4.19. The molecule has 1 atom stereocenters. The maximum atomic E-state index is 5.51. The summed E-state index contributed by atoms with van der Waals surface area (Å²) in [4.78, 5) is 4.38. The number of methoxy groups -OCH3 is 1. The van der Waals surface area contributed by atoms with Gasteiger partial charge in [0.15, 0.2) is 0 Å². The van der Waals surface area contributed by atoms with Gasteiger partial charge in [0.25, 0.3) is 5.89 Å². The van der Waals surface area contributed by atoms with E-state index in [4.69, 9.17) is 14.0 Å². The van der Waals surface area contributed by atoms with Gasteiger partial charge in [-0.1, -0.05) is 17.3 Å². The molecule has 3 rings (SSSR count). The molecule has 1 unspecified atom stereocenters. The van der Waals surface area contributed by atoms with Gasteiger partial charge in [-0.15, -0.1) is 0 Å². The summed E-state index contributed by atoms with van der Waals surface area (Å²) < 4.78 is 15.9. The standard InChI is InChI=1S/C13H14N2O3/c1-16-10-5-2-4-9(8-10)12-14-13(18-15-12)11-6-3-7-17-11/h2,4-5,8,11H,3,6-7H2,1H3. The Hall–Kier alpha value is -1.88. The number of hydrogen-bond donors (Lipinski definition) is 0. The van der Waals surface area contributed by atoms with Crippen LogP contribution in [0.2, 0.25) is 0 Å². The Labute approximate surface area is 105 Å². The lowest BCUT2D eigenvalue weighted by molar-refractivity contribution is 0.0835. The second-order valence-corrected chi connectivity index (χ2v) is 4.19. The summed E-state index contributed by atoms with van der Waals surface area (Å²) in [5.41, 5.74) is 0.877. The number of aromatic nitrogens is 2. The molecule has 1 aliphatic heterocycles. The van der Waals surface area contributed by atoms with Gasteiger partial charge in [0.05, 0.1) is 7.11 Å². The molecule has 1 fully saturated rings. The highest BCUT2D eigenvalue weighted by Crippen LogP contribution is 2.29. The van der Waals surface area contributed by atoms with E-state index < -0.39 is 0 Å². The average Bonchev–Trinajstić information content (AvgIpc) is 3.09.